The van der Waals surface area contributed by atoms with Crippen LogP contribution in [0.25, 0.3) is 0 Å². The fourth-order valence-corrected chi connectivity index (χ4v) is 3.25. The second-order valence-electron chi connectivity index (χ2n) is 5.75. The Morgan fingerprint density at radius 1 is 1.48 bits per heavy atom. The molecule has 1 fully saturated rings. The smallest absolute Gasteiger partial charge is 0.150 e. The summed E-state index contributed by atoms with van der Waals surface area (Å²) in [5.74, 6) is 0.914. The third-order valence-electron chi connectivity index (χ3n) is 4.31. The summed E-state index contributed by atoms with van der Waals surface area (Å²) in [6, 6.07) is 7.78. The first kappa shape index (κ1) is 15.9. The van der Waals surface area contributed by atoms with Crippen LogP contribution in [-0.2, 0) is 18.3 Å². The first-order valence-electron chi connectivity index (χ1n) is 7.41. The molecule has 1 aromatic carbocycles. The summed E-state index contributed by atoms with van der Waals surface area (Å²) < 4.78 is 7.47. The lowest BCUT2D eigenvalue weighted by Crippen LogP contribution is -2.26. The molecular weight excluding hydrogens is 314 g/mol. The van der Waals surface area contributed by atoms with Crippen molar-refractivity contribution in [2.75, 3.05) is 13.7 Å². The third kappa shape index (κ3) is 3.22. The van der Waals surface area contributed by atoms with E-state index in [1.54, 1.807) is 19.5 Å². The molecule has 1 aliphatic rings. The van der Waals surface area contributed by atoms with Crippen molar-refractivity contribution < 1.29 is 4.74 Å². The summed E-state index contributed by atoms with van der Waals surface area (Å²) in [6.07, 6.45) is 2.71. The van der Waals surface area contributed by atoms with Gasteiger partial charge in [0, 0.05) is 32.3 Å². The Kier molecular flexibility index (Phi) is 4.62. The van der Waals surface area contributed by atoms with Gasteiger partial charge in [-0.1, -0.05) is 17.7 Å². The van der Waals surface area contributed by atoms with Crippen LogP contribution < -0.4 is 0 Å². The molecule has 23 heavy (non-hydrogen) atoms. The van der Waals surface area contributed by atoms with Crippen LogP contribution >= 0.6 is 11.6 Å². The zero-order valence-electron chi connectivity index (χ0n) is 13.1. The SMILES string of the molecule is CO[C@@H]1C[C@@H](c2nncn2C)N(Cc2ccc(Cl)cc2C#N)C1. The minimum absolute atomic E-state index is 0.120. The number of halogens is 1. The maximum atomic E-state index is 9.33. The normalized spacial score (nSPS) is 21.5. The molecule has 0 radical (unpaired) electrons. The van der Waals surface area contributed by atoms with E-state index in [4.69, 9.17) is 16.3 Å². The molecule has 0 spiro atoms. The zero-order chi connectivity index (χ0) is 16.4. The Labute approximate surface area is 140 Å². The van der Waals surface area contributed by atoms with Gasteiger partial charge >= 0.3 is 0 Å². The standard InChI is InChI=1S/C16H18ClN5O/c1-21-10-19-20-16(21)15-6-14(23-2)9-22(15)8-11-3-4-13(17)5-12(11)7-18/h3-5,10,14-15H,6,8-9H2,1-2H3/t14-,15+/m1/s1. The van der Waals surface area contributed by atoms with E-state index in [1.165, 1.54) is 0 Å². The number of hydrogen-bond acceptors (Lipinski definition) is 5. The second kappa shape index (κ2) is 6.67. The van der Waals surface area contributed by atoms with Crippen molar-refractivity contribution in [3.8, 4) is 6.07 Å². The highest BCUT2D eigenvalue weighted by Crippen LogP contribution is 2.33. The maximum Gasteiger partial charge on any atom is 0.150 e. The fraction of sp³-hybridized carbons (Fsp3) is 0.438. The number of aryl methyl sites for hydroxylation is 1. The second-order valence-corrected chi connectivity index (χ2v) is 6.19. The van der Waals surface area contributed by atoms with Crippen LogP contribution in [-0.4, -0.2) is 39.4 Å². The van der Waals surface area contributed by atoms with E-state index in [9.17, 15) is 5.26 Å². The average Bonchev–Trinajstić information content (AvgIpc) is 3.14. The third-order valence-corrected chi connectivity index (χ3v) is 4.54. The molecule has 0 unspecified atom stereocenters. The molecule has 3 rings (SSSR count). The molecule has 0 bridgehead atoms. The Bertz CT molecular complexity index is 738. The lowest BCUT2D eigenvalue weighted by molar-refractivity contribution is 0.107. The monoisotopic (exact) mass is 331 g/mol. The molecular formula is C16H18ClN5O. The molecule has 7 heteroatoms. The average molecular weight is 332 g/mol. The largest absolute Gasteiger partial charge is 0.380 e. The number of methoxy groups -OCH3 is 1. The van der Waals surface area contributed by atoms with E-state index in [-0.39, 0.29) is 12.1 Å². The van der Waals surface area contributed by atoms with Crippen molar-refractivity contribution in [1.82, 2.24) is 19.7 Å². The van der Waals surface area contributed by atoms with Crippen LogP contribution in [0.1, 0.15) is 29.4 Å². The van der Waals surface area contributed by atoms with E-state index in [1.807, 2.05) is 23.7 Å². The number of ether oxygens (including phenoxy) is 1. The van der Waals surface area contributed by atoms with Gasteiger partial charge in [0.15, 0.2) is 0 Å². The van der Waals surface area contributed by atoms with Gasteiger partial charge in [-0.2, -0.15) is 5.26 Å². The van der Waals surface area contributed by atoms with Crippen molar-refractivity contribution >= 4 is 11.6 Å². The van der Waals surface area contributed by atoms with Crippen LogP contribution in [0.4, 0.5) is 0 Å². The molecule has 1 aromatic heterocycles. The first-order chi connectivity index (χ1) is 11.1. The molecule has 1 saturated heterocycles. The summed E-state index contributed by atoms with van der Waals surface area (Å²) in [7, 11) is 3.67. The molecule has 0 saturated carbocycles. The molecule has 2 atom stereocenters. The molecule has 2 heterocycles. The van der Waals surface area contributed by atoms with Gasteiger partial charge in [0.2, 0.25) is 0 Å². The highest BCUT2D eigenvalue weighted by atomic mass is 35.5. The Morgan fingerprint density at radius 2 is 2.30 bits per heavy atom. The van der Waals surface area contributed by atoms with Crippen LogP contribution in [0.3, 0.4) is 0 Å². The summed E-state index contributed by atoms with van der Waals surface area (Å²) in [4.78, 5) is 2.28. The van der Waals surface area contributed by atoms with Gasteiger partial charge in [-0.3, -0.25) is 4.90 Å². The molecule has 2 aromatic rings. The predicted octanol–water partition coefficient (Wildman–Crippen LogP) is 2.30. The number of hydrogen-bond donors (Lipinski definition) is 0. The first-order valence-corrected chi connectivity index (χ1v) is 7.79. The Balaban J connectivity index is 1.88. The van der Waals surface area contributed by atoms with E-state index in [0.717, 1.165) is 24.4 Å². The van der Waals surface area contributed by atoms with Crippen LogP contribution in [0.15, 0.2) is 24.5 Å². The number of aromatic nitrogens is 3. The minimum Gasteiger partial charge on any atom is -0.380 e. The lowest BCUT2D eigenvalue weighted by Gasteiger charge is -2.23. The number of nitrogens with zero attached hydrogens (tertiary/aromatic N) is 5. The number of nitriles is 1. The molecule has 0 N–H and O–H groups in total. The van der Waals surface area contributed by atoms with Gasteiger partial charge in [-0.15, -0.1) is 10.2 Å². The van der Waals surface area contributed by atoms with E-state index >= 15 is 0 Å². The van der Waals surface area contributed by atoms with Crippen molar-refractivity contribution in [3.63, 3.8) is 0 Å². The maximum absolute atomic E-state index is 9.33. The number of benzene rings is 1. The summed E-state index contributed by atoms with van der Waals surface area (Å²) >= 11 is 5.98. The molecule has 6 nitrogen and oxygen atoms in total. The van der Waals surface area contributed by atoms with E-state index in [0.29, 0.717) is 17.1 Å². The molecule has 0 amide bonds. The summed E-state index contributed by atoms with van der Waals surface area (Å²) in [6.45, 7) is 1.44. The topological polar surface area (TPSA) is 67.0 Å². The van der Waals surface area contributed by atoms with Crippen LogP contribution in [0, 0.1) is 11.3 Å². The van der Waals surface area contributed by atoms with E-state index in [2.05, 4.69) is 21.2 Å². The quantitative estimate of drug-likeness (QED) is 0.860. The highest BCUT2D eigenvalue weighted by Gasteiger charge is 2.36. The van der Waals surface area contributed by atoms with Crippen LogP contribution in [0.5, 0.6) is 0 Å². The van der Waals surface area contributed by atoms with Gasteiger partial charge in [-0.05, 0) is 24.1 Å². The highest BCUT2D eigenvalue weighted by molar-refractivity contribution is 6.30. The van der Waals surface area contributed by atoms with Gasteiger partial charge in [0.05, 0.1) is 23.8 Å². The number of likely N-dealkylation sites (tertiary alicyclic amines) is 1. The fourth-order valence-electron chi connectivity index (χ4n) is 3.08. The van der Waals surface area contributed by atoms with Crippen molar-refractivity contribution in [1.29, 1.82) is 5.26 Å². The molecule has 120 valence electrons. The van der Waals surface area contributed by atoms with E-state index < -0.39 is 0 Å². The Hall–Kier alpha value is -1.94. The molecule has 0 aliphatic carbocycles. The summed E-state index contributed by atoms with van der Waals surface area (Å²) in [5.41, 5.74) is 1.57. The van der Waals surface area contributed by atoms with Crippen LogP contribution in [0.2, 0.25) is 5.02 Å². The van der Waals surface area contributed by atoms with Gasteiger partial charge in [0.1, 0.15) is 12.2 Å². The summed E-state index contributed by atoms with van der Waals surface area (Å²) in [5, 5.41) is 18.1. The minimum atomic E-state index is 0.120. The Morgan fingerprint density at radius 3 is 2.96 bits per heavy atom. The zero-order valence-corrected chi connectivity index (χ0v) is 13.9. The predicted molar refractivity (Wildman–Crippen MR) is 85.7 cm³/mol. The number of rotatable bonds is 4. The lowest BCUT2D eigenvalue weighted by atomic mass is 10.1. The van der Waals surface area contributed by atoms with Gasteiger partial charge in [0.25, 0.3) is 0 Å². The van der Waals surface area contributed by atoms with Gasteiger partial charge < -0.3 is 9.30 Å². The molecule has 1 aliphatic heterocycles. The van der Waals surface area contributed by atoms with Gasteiger partial charge in [-0.25, -0.2) is 0 Å². The van der Waals surface area contributed by atoms with Crippen molar-refractivity contribution in [2.45, 2.75) is 25.1 Å². The van der Waals surface area contributed by atoms with Crippen molar-refractivity contribution in [2.24, 2.45) is 7.05 Å². The van der Waals surface area contributed by atoms with Crippen molar-refractivity contribution in [3.05, 3.63) is 46.5 Å².